The van der Waals surface area contributed by atoms with Gasteiger partial charge in [-0.25, -0.2) is 0 Å². The van der Waals surface area contributed by atoms with Crippen LogP contribution in [0.15, 0.2) is 24.3 Å². The van der Waals surface area contributed by atoms with E-state index in [9.17, 15) is 9.59 Å². The van der Waals surface area contributed by atoms with E-state index in [0.717, 1.165) is 12.8 Å². The van der Waals surface area contributed by atoms with Crippen LogP contribution in [0, 0.1) is 5.92 Å². The van der Waals surface area contributed by atoms with E-state index in [-0.39, 0.29) is 17.8 Å². The van der Waals surface area contributed by atoms with Crippen molar-refractivity contribution in [1.29, 1.82) is 0 Å². The number of nitrogens with zero attached hydrogens (tertiary/aromatic N) is 1. The summed E-state index contributed by atoms with van der Waals surface area (Å²) in [5.74, 6) is -0.566. The van der Waals surface area contributed by atoms with Crippen molar-refractivity contribution in [2.24, 2.45) is 5.92 Å². The molecule has 0 spiro atoms. The number of ether oxygens (including phenoxy) is 1. The van der Waals surface area contributed by atoms with Gasteiger partial charge in [0.15, 0.2) is 0 Å². The maximum atomic E-state index is 12.4. The van der Waals surface area contributed by atoms with Gasteiger partial charge in [0.05, 0.1) is 23.1 Å². The Balaban J connectivity index is 2.07. The Morgan fingerprint density at radius 2 is 2.15 bits per heavy atom. The zero-order valence-corrected chi connectivity index (χ0v) is 12.2. The zero-order chi connectivity index (χ0) is 14.5. The van der Waals surface area contributed by atoms with Crippen LogP contribution in [-0.2, 0) is 9.53 Å². The van der Waals surface area contributed by atoms with Gasteiger partial charge in [-0.1, -0.05) is 23.7 Å². The topological polar surface area (TPSA) is 46.6 Å². The number of rotatable bonds is 3. The number of likely N-dealkylation sites (tertiary alicyclic amines) is 1. The number of benzene rings is 1. The van der Waals surface area contributed by atoms with Crippen LogP contribution in [0.5, 0.6) is 0 Å². The molecular weight excluding hydrogens is 278 g/mol. The maximum absolute atomic E-state index is 12.4. The van der Waals surface area contributed by atoms with Gasteiger partial charge in [-0.15, -0.1) is 0 Å². The SMILES string of the molecule is CCOC(=O)[C@@H]1CCCN(C(=O)c2ccccc2Cl)C1. The summed E-state index contributed by atoms with van der Waals surface area (Å²) in [7, 11) is 0. The first-order valence-electron chi connectivity index (χ1n) is 6.84. The van der Waals surface area contributed by atoms with Crippen molar-refractivity contribution in [3.05, 3.63) is 34.9 Å². The lowest BCUT2D eigenvalue weighted by atomic mass is 9.97. The molecule has 0 bridgehead atoms. The lowest BCUT2D eigenvalue weighted by Crippen LogP contribution is -2.42. The van der Waals surface area contributed by atoms with Gasteiger partial charge in [-0.3, -0.25) is 9.59 Å². The summed E-state index contributed by atoms with van der Waals surface area (Å²) in [5, 5.41) is 0.441. The highest BCUT2D eigenvalue weighted by molar-refractivity contribution is 6.33. The minimum atomic E-state index is -0.227. The van der Waals surface area contributed by atoms with Gasteiger partial charge in [-0.2, -0.15) is 0 Å². The molecule has 1 fully saturated rings. The van der Waals surface area contributed by atoms with Gasteiger partial charge in [0, 0.05) is 13.1 Å². The number of carbonyl (C=O) groups is 2. The first-order chi connectivity index (χ1) is 9.63. The zero-order valence-electron chi connectivity index (χ0n) is 11.5. The molecule has 4 nitrogen and oxygen atoms in total. The molecule has 0 radical (unpaired) electrons. The van der Waals surface area contributed by atoms with Crippen LogP contribution in [0.3, 0.4) is 0 Å². The summed E-state index contributed by atoms with van der Waals surface area (Å²) in [6.07, 6.45) is 1.57. The second kappa shape index (κ2) is 6.75. The van der Waals surface area contributed by atoms with E-state index in [4.69, 9.17) is 16.3 Å². The number of amides is 1. The predicted molar refractivity (Wildman–Crippen MR) is 76.7 cm³/mol. The van der Waals surface area contributed by atoms with Gasteiger partial charge in [-0.05, 0) is 31.9 Å². The summed E-state index contributed by atoms with van der Waals surface area (Å²) in [4.78, 5) is 25.9. The molecule has 0 aromatic heterocycles. The highest BCUT2D eigenvalue weighted by Crippen LogP contribution is 2.22. The highest BCUT2D eigenvalue weighted by atomic mass is 35.5. The smallest absolute Gasteiger partial charge is 0.310 e. The fraction of sp³-hybridized carbons (Fsp3) is 0.467. The van der Waals surface area contributed by atoms with E-state index in [2.05, 4.69) is 0 Å². The highest BCUT2D eigenvalue weighted by Gasteiger charge is 2.30. The Bertz CT molecular complexity index is 504. The molecule has 0 aliphatic carbocycles. The minimum Gasteiger partial charge on any atom is -0.466 e. The molecule has 1 aromatic carbocycles. The Morgan fingerprint density at radius 3 is 2.85 bits per heavy atom. The number of esters is 1. The molecule has 1 heterocycles. The Kier molecular flexibility index (Phi) is 5.01. The lowest BCUT2D eigenvalue weighted by molar-refractivity contribution is -0.149. The van der Waals surface area contributed by atoms with Crippen molar-refractivity contribution in [3.63, 3.8) is 0 Å². The van der Waals surface area contributed by atoms with Crippen LogP contribution in [0.4, 0.5) is 0 Å². The van der Waals surface area contributed by atoms with Gasteiger partial charge < -0.3 is 9.64 Å². The predicted octanol–water partition coefficient (Wildman–Crippen LogP) is 2.76. The Morgan fingerprint density at radius 1 is 1.40 bits per heavy atom. The molecule has 1 amide bonds. The van der Waals surface area contributed by atoms with Crippen LogP contribution in [0.1, 0.15) is 30.1 Å². The Labute approximate surface area is 123 Å². The van der Waals surface area contributed by atoms with Crippen LogP contribution < -0.4 is 0 Å². The van der Waals surface area contributed by atoms with E-state index in [1.807, 2.05) is 0 Å². The summed E-state index contributed by atoms with van der Waals surface area (Å²) in [6.45, 7) is 3.21. The number of hydrogen-bond acceptors (Lipinski definition) is 3. The van der Waals surface area contributed by atoms with Crippen molar-refractivity contribution >= 4 is 23.5 Å². The van der Waals surface area contributed by atoms with Gasteiger partial charge in [0.2, 0.25) is 0 Å². The summed E-state index contributed by atoms with van der Waals surface area (Å²) in [5.41, 5.74) is 0.485. The number of hydrogen-bond donors (Lipinski definition) is 0. The number of piperidine rings is 1. The van der Waals surface area contributed by atoms with E-state index in [1.165, 1.54) is 0 Å². The van der Waals surface area contributed by atoms with Crippen molar-refractivity contribution < 1.29 is 14.3 Å². The summed E-state index contributed by atoms with van der Waals surface area (Å²) < 4.78 is 5.04. The van der Waals surface area contributed by atoms with Gasteiger partial charge in [0.25, 0.3) is 5.91 Å². The molecular formula is C15H18ClNO3. The molecule has 1 aromatic rings. The molecule has 108 valence electrons. The van der Waals surface area contributed by atoms with Crippen LogP contribution >= 0.6 is 11.6 Å². The largest absolute Gasteiger partial charge is 0.466 e. The minimum absolute atomic E-state index is 0.121. The van der Waals surface area contributed by atoms with Crippen molar-refractivity contribution in [2.45, 2.75) is 19.8 Å². The number of halogens is 1. The molecule has 1 saturated heterocycles. The molecule has 0 N–H and O–H groups in total. The van der Waals surface area contributed by atoms with Crippen molar-refractivity contribution in [3.8, 4) is 0 Å². The average molecular weight is 296 g/mol. The van der Waals surface area contributed by atoms with Gasteiger partial charge in [0.1, 0.15) is 0 Å². The summed E-state index contributed by atoms with van der Waals surface area (Å²) in [6, 6.07) is 6.98. The lowest BCUT2D eigenvalue weighted by Gasteiger charge is -2.31. The molecule has 0 unspecified atom stereocenters. The van der Waals surface area contributed by atoms with Gasteiger partial charge >= 0.3 is 5.97 Å². The van der Waals surface area contributed by atoms with Crippen LogP contribution in [-0.4, -0.2) is 36.5 Å². The molecule has 1 aliphatic rings. The molecule has 2 rings (SSSR count). The van der Waals surface area contributed by atoms with E-state index >= 15 is 0 Å². The molecule has 1 aliphatic heterocycles. The van der Waals surface area contributed by atoms with Crippen LogP contribution in [0.2, 0.25) is 5.02 Å². The third-order valence-corrected chi connectivity index (χ3v) is 3.76. The first kappa shape index (κ1) is 14.9. The summed E-state index contributed by atoms with van der Waals surface area (Å²) >= 11 is 6.05. The molecule has 5 heteroatoms. The number of carbonyl (C=O) groups excluding carboxylic acids is 2. The standard InChI is InChI=1S/C15H18ClNO3/c1-2-20-15(19)11-6-5-9-17(10-11)14(18)12-7-3-4-8-13(12)16/h3-4,7-8,11H,2,5-6,9-10H2,1H3/t11-/m1/s1. The monoisotopic (exact) mass is 295 g/mol. The second-order valence-electron chi connectivity index (χ2n) is 4.82. The van der Waals surface area contributed by atoms with E-state index in [1.54, 1.807) is 36.1 Å². The fourth-order valence-electron chi connectivity index (χ4n) is 2.42. The Hall–Kier alpha value is -1.55. The fourth-order valence-corrected chi connectivity index (χ4v) is 2.64. The molecule has 1 atom stereocenters. The third kappa shape index (κ3) is 3.31. The first-order valence-corrected chi connectivity index (χ1v) is 7.21. The quantitative estimate of drug-likeness (QED) is 0.806. The van der Waals surface area contributed by atoms with Crippen LogP contribution in [0.25, 0.3) is 0 Å². The second-order valence-corrected chi connectivity index (χ2v) is 5.23. The van der Waals surface area contributed by atoms with E-state index in [0.29, 0.717) is 30.3 Å². The maximum Gasteiger partial charge on any atom is 0.310 e. The van der Waals surface area contributed by atoms with Crippen molar-refractivity contribution in [1.82, 2.24) is 4.90 Å². The molecule has 0 saturated carbocycles. The molecule has 20 heavy (non-hydrogen) atoms. The average Bonchev–Trinajstić information content (AvgIpc) is 2.47. The third-order valence-electron chi connectivity index (χ3n) is 3.43. The normalized spacial score (nSPS) is 18.7. The van der Waals surface area contributed by atoms with E-state index < -0.39 is 0 Å². The van der Waals surface area contributed by atoms with Crippen molar-refractivity contribution in [2.75, 3.05) is 19.7 Å².